The molecule has 0 aliphatic heterocycles. The van der Waals surface area contributed by atoms with Crippen molar-refractivity contribution in [1.82, 2.24) is 10.6 Å². The van der Waals surface area contributed by atoms with E-state index in [1.165, 1.54) is 0 Å². The molecule has 0 aromatic rings. The second-order valence-corrected chi connectivity index (χ2v) is 5.16. The highest BCUT2D eigenvalue weighted by atomic mass is 16.3. The van der Waals surface area contributed by atoms with Gasteiger partial charge in [0.05, 0.1) is 0 Å². The van der Waals surface area contributed by atoms with Crippen molar-refractivity contribution in [3.63, 3.8) is 0 Å². The van der Waals surface area contributed by atoms with Crippen LogP contribution in [0.1, 0.15) is 40.0 Å². The van der Waals surface area contributed by atoms with Crippen molar-refractivity contribution in [2.24, 2.45) is 5.41 Å². The molecule has 1 atom stereocenters. The van der Waals surface area contributed by atoms with Crippen molar-refractivity contribution in [2.45, 2.75) is 46.1 Å². The lowest BCUT2D eigenvalue weighted by molar-refractivity contribution is -0.131. The number of hydrogen-bond acceptors (Lipinski definition) is 3. The lowest BCUT2D eigenvalue weighted by atomic mass is 9.86. The van der Waals surface area contributed by atoms with Gasteiger partial charge in [0, 0.05) is 20.1 Å². The first-order chi connectivity index (χ1) is 7.82. The number of likely N-dealkylation sites (N-methyl/N-ethyl adjacent to an activating group) is 1. The van der Waals surface area contributed by atoms with E-state index in [4.69, 9.17) is 5.11 Å². The van der Waals surface area contributed by atoms with Crippen LogP contribution in [0.15, 0.2) is 0 Å². The summed E-state index contributed by atoms with van der Waals surface area (Å²) in [6, 6.07) is -0.533. The van der Waals surface area contributed by atoms with Crippen LogP contribution in [-0.4, -0.2) is 36.6 Å². The zero-order chi connectivity index (χ0) is 13.5. The van der Waals surface area contributed by atoms with Gasteiger partial charge in [-0.3, -0.25) is 9.59 Å². The molecule has 5 nitrogen and oxygen atoms in total. The van der Waals surface area contributed by atoms with Crippen molar-refractivity contribution in [3.05, 3.63) is 0 Å². The van der Waals surface area contributed by atoms with Crippen LogP contribution in [0.5, 0.6) is 0 Å². The topological polar surface area (TPSA) is 78.4 Å². The second-order valence-electron chi connectivity index (χ2n) is 5.16. The SMILES string of the molecule is CNC(=O)[C@@H](NC(=O)CCCCO)C(C)(C)C. The lowest BCUT2D eigenvalue weighted by Gasteiger charge is -2.29. The van der Waals surface area contributed by atoms with Crippen molar-refractivity contribution in [2.75, 3.05) is 13.7 Å². The van der Waals surface area contributed by atoms with Gasteiger partial charge in [0.25, 0.3) is 0 Å². The molecule has 0 heterocycles. The Morgan fingerprint density at radius 2 is 1.82 bits per heavy atom. The molecule has 0 radical (unpaired) electrons. The normalized spacial score (nSPS) is 13.0. The maximum Gasteiger partial charge on any atom is 0.242 e. The maximum atomic E-state index is 11.7. The number of amides is 2. The minimum absolute atomic E-state index is 0.0887. The number of carbonyl (C=O) groups is 2. The van der Waals surface area contributed by atoms with Gasteiger partial charge in [-0.25, -0.2) is 0 Å². The van der Waals surface area contributed by atoms with Gasteiger partial charge in [-0.05, 0) is 18.3 Å². The molecule has 2 amide bonds. The molecule has 100 valence electrons. The van der Waals surface area contributed by atoms with E-state index in [0.717, 1.165) is 0 Å². The van der Waals surface area contributed by atoms with Crippen molar-refractivity contribution < 1.29 is 14.7 Å². The van der Waals surface area contributed by atoms with E-state index in [1.54, 1.807) is 7.05 Å². The Morgan fingerprint density at radius 1 is 1.24 bits per heavy atom. The molecule has 0 aliphatic rings. The molecule has 5 heteroatoms. The Balaban J connectivity index is 4.35. The largest absolute Gasteiger partial charge is 0.396 e. The van der Waals surface area contributed by atoms with E-state index in [1.807, 2.05) is 20.8 Å². The minimum Gasteiger partial charge on any atom is -0.396 e. The summed E-state index contributed by atoms with van der Waals surface area (Å²) >= 11 is 0. The predicted octanol–water partition coefficient (Wildman–Crippen LogP) is 0.426. The summed E-state index contributed by atoms with van der Waals surface area (Å²) in [5, 5.41) is 13.9. The highest BCUT2D eigenvalue weighted by Gasteiger charge is 2.31. The van der Waals surface area contributed by atoms with Gasteiger partial charge in [0.2, 0.25) is 11.8 Å². The summed E-state index contributed by atoms with van der Waals surface area (Å²) in [5.41, 5.74) is -0.327. The third-order valence-corrected chi connectivity index (χ3v) is 2.49. The average molecular weight is 244 g/mol. The smallest absolute Gasteiger partial charge is 0.242 e. The molecule has 17 heavy (non-hydrogen) atoms. The molecule has 0 fully saturated rings. The highest BCUT2D eigenvalue weighted by molar-refractivity contribution is 5.88. The Kier molecular flexibility index (Phi) is 6.80. The molecule has 0 saturated carbocycles. The molecule has 0 unspecified atom stereocenters. The molecular weight excluding hydrogens is 220 g/mol. The summed E-state index contributed by atoms with van der Waals surface area (Å²) in [7, 11) is 1.55. The first-order valence-corrected chi connectivity index (χ1v) is 5.94. The van der Waals surface area contributed by atoms with Gasteiger partial charge in [-0.15, -0.1) is 0 Å². The minimum atomic E-state index is -0.533. The van der Waals surface area contributed by atoms with Gasteiger partial charge in [-0.2, -0.15) is 0 Å². The quantitative estimate of drug-likeness (QED) is 0.593. The van der Waals surface area contributed by atoms with Crippen LogP contribution in [0.3, 0.4) is 0 Å². The van der Waals surface area contributed by atoms with E-state index in [-0.39, 0.29) is 23.8 Å². The van der Waals surface area contributed by atoms with Crippen LogP contribution < -0.4 is 10.6 Å². The molecule has 0 aromatic carbocycles. The predicted molar refractivity (Wildman–Crippen MR) is 66.4 cm³/mol. The molecule has 0 saturated heterocycles. The van der Waals surface area contributed by atoms with Crippen LogP contribution in [0.25, 0.3) is 0 Å². The Hall–Kier alpha value is -1.10. The highest BCUT2D eigenvalue weighted by Crippen LogP contribution is 2.19. The summed E-state index contributed by atoms with van der Waals surface area (Å²) in [4.78, 5) is 23.3. The Bertz CT molecular complexity index is 259. The lowest BCUT2D eigenvalue weighted by Crippen LogP contribution is -2.52. The van der Waals surface area contributed by atoms with Crippen LogP contribution in [-0.2, 0) is 9.59 Å². The maximum absolute atomic E-state index is 11.7. The molecule has 0 bridgehead atoms. The zero-order valence-corrected chi connectivity index (χ0v) is 11.2. The van der Waals surface area contributed by atoms with Crippen LogP contribution in [0, 0.1) is 5.41 Å². The average Bonchev–Trinajstić information content (AvgIpc) is 2.23. The number of hydrogen-bond donors (Lipinski definition) is 3. The number of carbonyl (C=O) groups excluding carboxylic acids is 2. The van der Waals surface area contributed by atoms with Gasteiger partial charge < -0.3 is 15.7 Å². The molecular formula is C12H24N2O3. The number of aliphatic hydroxyl groups is 1. The van der Waals surface area contributed by atoms with Crippen LogP contribution in [0.4, 0.5) is 0 Å². The van der Waals surface area contributed by atoms with E-state index in [2.05, 4.69) is 10.6 Å². The van der Waals surface area contributed by atoms with Crippen molar-refractivity contribution in [1.29, 1.82) is 0 Å². The van der Waals surface area contributed by atoms with Crippen molar-refractivity contribution in [3.8, 4) is 0 Å². The molecule has 0 rings (SSSR count). The summed E-state index contributed by atoms with van der Waals surface area (Å²) < 4.78 is 0. The van der Waals surface area contributed by atoms with Gasteiger partial charge in [0.15, 0.2) is 0 Å². The van der Waals surface area contributed by atoms with E-state index in [0.29, 0.717) is 19.3 Å². The standard InChI is InChI=1S/C12H24N2O3/c1-12(2,3)10(11(17)13-4)14-9(16)7-5-6-8-15/h10,15H,5-8H2,1-4H3,(H,13,17)(H,14,16)/t10-/m1/s1. The third-order valence-electron chi connectivity index (χ3n) is 2.49. The summed E-state index contributed by atoms with van der Waals surface area (Å²) in [5.74, 6) is -0.338. The van der Waals surface area contributed by atoms with Crippen molar-refractivity contribution >= 4 is 11.8 Å². The fourth-order valence-corrected chi connectivity index (χ4v) is 1.45. The fraction of sp³-hybridized carbons (Fsp3) is 0.833. The van der Waals surface area contributed by atoms with E-state index in [9.17, 15) is 9.59 Å². The molecule has 0 aromatic heterocycles. The van der Waals surface area contributed by atoms with Crippen LogP contribution >= 0.6 is 0 Å². The Morgan fingerprint density at radius 3 is 2.24 bits per heavy atom. The summed E-state index contributed by atoms with van der Waals surface area (Å²) in [6.07, 6.45) is 1.57. The van der Waals surface area contributed by atoms with Gasteiger partial charge >= 0.3 is 0 Å². The Labute approximate surface area is 103 Å². The monoisotopic (exact) mass is 244 g/mol. The number of unbranched alkanes of at least 4 members (excludes halogenated alkanes) is 1. The van der Waals surface area contributed by atoms with Crippen LogP contribution in [0.2, 0.25) is 0 Å². The molecule has 3 N–H and O–H groups in total. The zero-order valence-electron chi connectivity index (χ0n) is 11.2. The summed E-state index contributed by atoms with van der Waals surface area (Å²) in [6.45, 7) is 5.80. The first kappa shape index (κ1) is 15.9. The van der Waals surface area contributed by atoms with E-state index < -0.39 is 6.04 Å². The molecule has 0 spiro atoms. The number of aliphatic hydroxyl groups excluding tert-OH is 1. The second kappa shape index (κ2) is 7.27. The number of rotatable bonds is 6. The van der Waals surface area contributed by atoms with Gasteiger partial charge in [-0.1, -0.05) is 20.8 Å². The fourth-order valence-electron chi connectivity index (χ4n) is 1.45. The first-order valence-electron chi connectivity index (χ1n) is 5.94. The third kappa shape index (κ3) is 6.26. The molecule has 0 aliphatic carbocycles. The van der Waals surface area contributed by atoms with E-state index >= 15 is 0 Å². The van der Waals surface area contributed by atoms with Gasteiger partial charge in [0.1, 0.15) is 6.04 Å². The number of nitrogens with one attached hydrogen (secondary N) is 2.